The number of hydrogen-bond donors (Lipinski definition) is 2. The molecule has 0 spiro atoms. The smallest absolute Gasteiger partial charge is 0.0645 e. The molecule has 0 amide bonds. The Hall–Kier alpha value is -1.06. The quantitative estimate of drug-likeness (QED) is 0.765. The monoisotopic (exact) mass is 220 g/mol. The molecule has 88 valence electrons. The summed E-state index contributed by atoms with van der Waals surface area (Å²) in [6.07, 6.45) is 2.32. The number of hydrogen-bond acceptors (Lipinski definition) is 3. The topological polar surface area (TPSA) is 47.3 Å². The Morgan fingerprint density at radius 2 is 2.38 bits per heavy atom. The van der Waals surface area contributed by atoms with Crippen molar-refractivity contribution in [1.29, 1.82) is 0 Å². The van der Waals surface area contributed by atoms with Gasteiger partial charge in [0, 0.05) is 24.4 Å². The molecule has 1 aliphatic heterocycles. The average Bonchev–Trinajstić information content (AvgIpc) is 2.28. The van der Waals surface area contributed by atoms with Crippen molar-refractivity contribution in [3.63, 3.8) is 0 Å². The molecule has 1 unspecified atom stereocenters. The third-order valence-electron chi connectivity index (χ3n) is 3.11. The number of rotatable bonds is 3. The summed E-state index contributed by atoms with van der Waals surface area (Å²) in [5.41, 5.74) is 7.91. The lowest BCUT2D eigenvalue weighted by Gasteiger charge is -2.34. The van der Waals surface area contributed by atoms with E-state index in [2.05, 4.69) is 18.3 Å². The van der Waals surface area contributed by atoms with E-state index in [1.54, 1.807) is 0 Å². The van der Waals surface area contributed by atoms with Gasteiger partial charge in [-0.3, -0.25) is 0 Å². The zero-order valence-electron chi connectivity index (χ0n) is 9.83. The summed E-state index contributed by atoms with van der Waals surface area (Å²) in [6, 6.07) is 8.01. The summed E-state index contributed by atoms with van der Waals surface area (Å²) in [5, 5.41) is 3.56. The molecule has 2 rings (SSSR count). The highest BCUT2D eigenvalue weighted by Crippen LogP contribution is 2.19. The first-order valence-corrected chi connectivity index (χ1v) is 5.85. The Morgan fingerprint density at radius 1 is 1.50 bits per heavy atom. The molecule has 0 aromatic heterocycles. The lowest BCUT2D eigenvalue weighted by molar-refractivity contribution is 0.0278. The van der Waals surface area contributed by atoms with E-state index in [-0.39, 0.29) is 5.54 Å². The lowest BCUT2D eigenvalue weighted by Crippen LogP contribution is -2.48. The van der Waals surface area contributed by atoms with Gasteiger partial charge in [0.2, 0.25) is 0 Å². The molecule has 0 saturated carbocycles. The van der Waals surface area contributed by atoms with Crippen LogP contribution in [0.2, 0.25) is 0 Å². The molecular weight excluding hydrogens is 200 g/mol. The second-order valence-corrected chi connectivity index (χ2v) is 4.82. The number of nitrogens with one attached hydrogen (secondary N) is 1. The van der Waals surface area contributed by atoms with Gasteiger partial charge < -0.3 is 15.8 Å². The van der Waals surface area contributed by atoms with E-state index in [0.29, 0.717) is 0 Å². The van der Waals surface area contributed by atoms with Gasteiger partial charge in [-0.25, -0.2) is 0 Å². The maximum atomic E-state index is 5.75. The molecule has 1 aromatic carbocycles. The van der Waals surface area contributed by atoms with Crippen molar-refractivity contribution in [3.05, 3.63) is 29.8 Å². The predicted octanol–water partition coefficient (Wildman–Crippen LogP) is 1.93. The number of ether oxygens (including phenoxy) is 1. The van der Waals surface area contributed by atoms with Crippen LogP contribution in [0.5, 0.6) is 0 Å². The Labute approximate surface area is 97.0 Å². The summed E-state index contributed by atoms with van der Waals surface area (Å²) in [6.45, 7) is 4.77. The van der Waals surface area contributed by atoms with E-state index in [9.17, 15) is 0 Å². The minimum absolute atomic E-state index is 0.114. The lowest BCUT2D eigenvalue weighted by atomic mass is 9.94. The molecular formula is C13H20N2O. The van der Waals surface area contributed by atoms with E-state index in [4.69, 9.17) is 10.5 Å². The summed E-state index contributed by atoms with van der Waals surface area (Å²) in [5.74, 6) is 0. The number of nitrogen functional groups attached to an aromatic ring is 1. The van der Waals surface area contributed by atoms with Gasteiger partial charge in [-0.1, -0.05) is 12.1 Å². The number of anilines is 1. The van der Waals surface area contributed by atoms with Gasteiger partial charge in [0.15, 0.2) is 0 Å². The fraction of sp³-hybridized carbons (Fsp3) is 0.538. The second-order valence-electron chi connectivity index (χ2n) is 4.82. The van der Waals surface area contributed by atoms with Crippen LogP contribution in [0.1, 0.15) is 25.3 Å². The van der Waals surface area contributed by atoms with Crippen LogP contribution < -0.4 is 11.1 Å². The van der Waals surface area contributed by atoms with Gasteiger partial charge in [0.25, 0.3) is 0 Å². The second kappa shape index (κ2) is 4.85. The molecule has 0 aliphatic carbocycles. The van der Waals surface area contributed by atoms with E-state index >= 15 is 0 Å². The first kappa shape index (κ1) is 11.4. The first-order valence-electron chi connectivity index (χ1n) is 5.85. The first-order chi connectivity index (χ1) is 7.68. The van der Waals surface area contributed by atoms with E-state index in [1.165, 1.54) is 12.0 Å². The van der Waals surface area contributed by atoms with Gasteiger partial charge in [-0.15, -0.1) is 0 Å². The van der Waals surface area contributed by atoms with Crippen LogP contribution in [-0.4, -0.2) is 18.8 Å². The van der Waals surface area contributed by atoms with Crippen LogP contribution in [0.25, 0.3) is 0 Å². The standard InChI is InChI=1S/C13H20N2O/c1-13(6-3-7-16-10-13)15-9-11-4-2-5-12(14)8-11/h2,4-5,8,15H,3,6-7,9-10,14H2,1H3. The molecule has 1 aromatic rings. The van der Waals surface area contributed by atoms with Crippen molar-refractivity contribution < 1.29 is 4.74 Å². The van der Waals surface area contributed by atoms with E-state index < -0.39 is 0 Å². The largest absolute Gasteiger partial charge is 0.399 e. The molecule has 1 saturated heterocycles. The molecule has 16 heavy (non-hydrogen) atoms. The zero-order valence-corrected chi connectivity index (χ0v) is 9.83. The van der Waals surface area contributed by atoms with Gasteiger partial charge in [0.05, 0.1) is 6.61 Å². The molecule has 1 fully saturated rings. The summed E-state index contributed by atoms with van der Waals surface area (Å²) < 4.78 is 5.51. The SMILES string of the molecule is CC1(NCc2cccc(N)c2)CCCOC1. The highest BCUT2D eigenvalue weighted by Gasteiger charge is 2.26. The average molecular weight is 220 g/mol. The number of benzene rings is 1. The molecule has 1 heterocycles. The van der Waals surface area contributed by atoms with Gasteiger partial charge in [-0.05, 0) is 37.5 Å². The summed E-state index contributed by atoms with van der Waals surface area (Å²) in [7, 11) is 0. The van der Waals surface area contributed by atoms with Crippen molar-refractivity contribution in [2.24, 2.45) is 0 Å². The zero-order chi connectivity index (χ0) is 11.4. The normalized spacial score (nSPS) is 25.6. The minimum Gasteiger partial charge on any atom is -0.399 e. The molecule has 1 aliphatic rings. The van der Waals surface area contributed by atoms with Gasteiger partial charge >= 0.3 is 0 Å². The Balaban J connectivity index is 1.91. The van der Waals surface area contributed by atoms with Crippen molar-refractivity contribution >= 4 is 5.69 Å². The van der Waals surface area contributed by atoms with Crippen molar-refractivity contribution in [2.45, 2.75) is 31.8 Å². The molecule has 3 N–H and O–H groups in total. The van der Waals surface area contributed by atoms with Crippen molar-refractivity contribution in [3.8, 4) is 0 Å². The Kier molecular flexibility index (Phi) is 3.46. The minimum atomic E-state index is 0.114. The van der Waals surface area contributed by atoms with Crippen LogP contribution in [0.3, 0.4) is 0 Å². The third kappa shape index (κ3) is 2.97. The molecule has 1 atom stereocenters. The Morgan fingerprint density at radius 3 is 3.06 bits per heavy atom. The van der Waals surface area contributed by atoms with Crippen LogP contribution in [0.15, 0.2) is 24.3 Å². The maximum Gasteiger partial charge on any atom is 0.0645 e. The van der Waals surface area contributed by atoms with Crippen LogP contribution in [0.4, 0.5) is 5.69 Å². The van der Waals surface area contributed by atoms with Crippen LogP contribution in [0, 0.1) is 0 Å². The summed E-state index contributed by atoms with van der Waals surface area (Å²) in [4.78, 5) is 0. The van der Waals surface area contributed by atoms with Crippen LogP contribution in [-0.2, 0) is 11.3 Å². The Bertz CT molecular complexity index is 346. The molecule has 0 bridgehead atoms. The maximum absolute atomic E-state index is 5.75. The fourth-order valence-corrected chi connectivity index (χ4v) is 2.09. The molecule has 3 nitrogen and oxygen atoms in total. The van der Waals surface area contributed by atoms with Gasteiger partial charge in [-0.2, -0.15) is 0 Å². The third-order valence-corrected chi connectivity index (χ3v) is 3.11. The van der Waals surface area contributed by atoms with Crippen LogP contribution >= 0.6 is 0 Å². The highest BCUT2D eigenvalue weighted by atomic mass is 16.5. The number of nitrogens with two attached hydrogens (primary N) is 1. The van der Waals surface area contributed by atoms with E-state index in [0.717, 1.165) is 31.9 Å². The van der Waals surface area contributed by atoms with Gasteiger partial charge in [0.1, 0.15) is 0 Å². The molecule has 3 heteroatoms. The predicted molar refractivity (Wildman–Crippen MR) is 66.2 cm³/mol. The fourth-order valence-electron chi connectivity index (χ4n) is 2.09. The van der Waals surface area contributed by atoms with Crippen molar-refractivity contribution in [2.75, 3.05) is 18.9 Å². The summed E-state index contributed by atoms with van der Waals surface area (Å²) >= 11 is 0. The van der Waals surface area contributed by atoms with Crippen molar-refractivity contribution in [1.82, 2.24) is 5.32 Å². The highest BCUT2D eigenvalue weighted by molar-refractivity contribution is 5.40. The molecule has 0 radical (unpaired) electrons. The van der Waals surface area contributed by atoms with E-state index in [1.807, 2.05) is 18.2 Å².